The van der Waals surface area contributed by atoms with Crippen LogP contribution in [0.2, 0.25) is 0 Å². The van der Waals surface area contributed by atoms with Gasteiger partial charge in [-0.1, -0.05) is 12.1 Å². The molecule has 0 bridgehead atoms. The van der Waals surface area contributed by atoms with Crippen LogP contribution in [0, 0.1) is 6.92 Å². The largest absolute Gasteiger partial charge is 0.481 e. The molecule has 5 nitrogen and oxygen atoms in total. The van der Waals surface area contributed by atoms with Crippen molar-refractivity contribution < 1.29 is 9.90 Å². The Balaban J connectivity index is 2.17. The van der Waals surface area contributed by atoms with E-state index in [2.05, 4.69) is 9.97 Å². The molecule has 0 radical (unpaired) electrons. The Morgan fingerprint density at radius 1 is 1.40 bits per heavy atom. The molecule has 0 spiro atoms. The number of para-hydroxylation sites is 2. The summed E-state index contributed by atoms with van der Waals surface area (Å²) < 4.78 is 1.96. The maximum Gasteiger partial charge on any atom is 0.305 e. The number of nitrogens with zero attached hydrogens (tertiary/aromatic N) is 3. The van der Waals surface area contributed by atoms with Crippen LogP contribution < -0.4 is 0 Å². The molecule has 3 rings (SSSR count). The number of carboxylic acid groups (broad SMARTS) is 1. The minimum atomic E-state index is -0.810. The number of aryl methyl sites for hydroxylation is 2. The third-order valence-corrected chi connectivity index (χ3v) is 4.08. The van der Waals surface area contributed by atoms with Crippen molar-refractivity contribution >= 4 is 28.3 Å². The second-order valence-corrected chi connectivity index (χ2v) is 5.34. The van der Waals surface area contributed by atoms with Gasteiger partial charge in [0.1, 0.15) is 0 Å². The van der Waals surface area contributed by atoms with Crippen LogP contribution in [0.1, 0.15) is 12.1 Å². The van der Waals surface area contributed by atoms with E-state index in [-0.39, 0.29) is 6.42 Å². The average molecular weight is 287 g/mol. The number of fused-ring (bicyclic) bond motifs is 1. The molecule has 102 valence electrons. The Morgan fingerprint density at radius 3 is 2.90 bits per heavy atom. The van der Waals surface area contributed by atoms with Gasteiger partial charge in [0, 0.05) is 6.54 Å². The van der Waals surface area contributed by atoms with E-state index in [0.29, 0.717) is 6.54 Å². The third kappa shape index (κ3) is 2.18. The minimum Gasteiger partial charge on any atom is -0.481 e. The number of carboxylic acids is 1. The van der Waals surface area contributed by atoms with Gasteiger partial charge in [0.25, 0.3) is 0 Å². The Morgan fingerprint density at radius 2 is 2.20 bits per heavy atom. The van der Waals surface area contributed by atoms with Crippen LogP contribution in [0.3, 0.4) is 0 Å². The summed E-state index contributed by atoms with van der Waals surface area (Å²) in [4.78, 5) is 20.7. The third-order valence-electron chi connectivity index (χ3n) is 3.15. The van der Waals surface area contributed by atoms with Gasteiger partial charge < -0.3 is 9.67 Å². The Kier molecular flexibility index (Phi) is 3.23. The number of aromatic nitrogens is 3. The molecule has 3 aromatic rings. The van der Waals surface area contributed by atoms with E-state index in [0.717, 1.165) is 27.4 Å². The van der Waals surface area contributed by atoms with E-state index in [1.807, 2.05) is 35.8 Å². The first-order valence-corrected chi connectivity index (χ1v) is 7.12. The van der Waals surface area contributed by atoms with Crippen LogP contribution in [0.5, 0.6) is 0 Å². The fourth-order valence-electron chi connectivity index (χ4n) is 2.20. The van der Waals surface area contributed by atoms with Gasteiger partial charge in [0.05, 0.1) is 33.5 Å². The van der Waals surface area contributed by atoms with E-state index < -0.39 is 5.97 Å². The van der Waals surface area contributed by atoms with Crippen molar-refractivity contribution in [1.29, 1.82) is 0 Å². The Bertz CT molecular complexity index is 776. The Labute approximate surface area is 119 Å². The standard InChI is InChI=1S/C14H13N3O2S/c1-9-13(20-8-15-9)14-16-10-4-2-3-5-11(10)17(14)7-6-12(18)19/h2-5,8H,6-7H2,1H3,(H,18,19). The first-order valence-electron chi connectivity index (χ1n) is 6.24. The number of hydrogen-bond donors (Lipinski definition) is 1. The van der Waals surface area contributed by atoms with Crippen molar-refractivity contribution in [3.63, 3.8) is 0 Å². The zero-order valence-corrected chi connectivity index (χ0v) is 11.7. The van der Waals surface area contributed by atoms with E-state index in [4.69, 9.17) is 5.11 Å². The highest BCUT2D eigenvalue weighted by atomic mass is 32.1. The maximum atomic E-state index is 10.9. The van der Waals surface area contributed by atoms with Gasteiger partial charge in [0.15, 0.2) is 5.82 Å². The topological polar surface area (TPSA) is 68.0 Å². The zero-order valence-electron chi connectivity index (χ0n) is 10.9. The van der Waals surface area contributed by atoms with Crippen molar-refractivity contribution in [2.45, 2.75) is 19.9 Å². The normalized spacial score (nSPS) is 11.1. The van der Waals surface area contributed by atoms with Crippen LogP contribution in [-0.4, -0.2) is 25.6 Å². The molecule has 0 unspecified atom stereocenters. The highest BCUT2D eigenvalue weighted by Crippen LogP contribution is 2.30. The van der Waals surface area contributed by atoms with Crippen molar-refractivity contribution in [2.75, 3.05) is 0 Å². The number of carbonyl (C=O) groups is 1. The number of rotatable bonds is 4. The molecule has 1 N–H and O–H groups in total. The lowest BCUT2D eigenvalue weighted by atomic mass is 10.3. The molecule has 0 saturated carbocycles. The summed E-state index contributed by atoms with van der Waals surface area (Å²) in [7, 11) is 0. The molecule has 20 heavy (non-hydrogen) atoms. The molecule has 0 amide bonds. The smallest absolute Gasteiger partial charge is 0.305 e. The van der Waals surface area contributed by atoms with Gasteiger partial charge in [-0.2, -0.15) is 0 Å². The summed E-state index contributed by atoms with van der Waals surface area (Å²) in [6.45, 7) is 2.34. The highest BCUT2D eigenvalue weighted by molar-refractivity contribution is 7.13. The summed E-state index contributed by atoms with van der Waals surface area (Å²) in [6.07, 6.45) is 0.0746. The van der Waals surface area contributed by atoms with E-state index in [9.17, 15) is 4.79 Å². The summed E-state index contributed by atoms with van der Waals surface area (Å²) in [5, 5.41) is 8.92. The van der Waals surface area contributed by atoms with Gasteiger partial charge >= 0.3 is 5.97 Å². The van der Waals surface area contributed by atoms with Crippen LogP contribution in [0.15, 0.2) is 29.8 Å². The fraction of sp³-hybridized carbons (Fsp3) is 0.214. The van der Waals surface area contributed by atoms with Crippen molar-refractivity contribution in [3.8, 4) is 10.7 Å². The summed E-state index contributed by atoms with van der Waals surface area (Å²) in [5.41, 5.74) is 4.53. The van der Waals surface area contributed by atoms with Crippen molar-refractivity contribution in [3.05, 3.63) is 35.5 Å². The molecule has 0 saturated heterocycles. The molecule has 6 heteroatoms. The molecular weight excluding hydrogens is 274 g/mol. The highest BCUT2D eigenvalue weighted by Gasteiger charge is 2.16. The molecule has 2 aromatic heterocycles. The van der Waals surface area contributed by atoms with Crippen LogP contribution in [0.4, 0.5) is 0 Å². The van der Waals surface area contributed by atoms with E-state index in [1.54, 1.807) is 5.51 Å². The first-order chi connectivity index (χ1) is 9.66. The van der Waals surface area contributed by atoms with E-state index >= 15 is 0 Å². The lowest BCUT2D eigenvalue weighted by Crippen LogP contribution is -2.06. The summed E-state index contributed by atoms with van der Waals surface area (Å²) in [6, 6.07) is 7.77. The number of benzene rings is 1. The zero-order chi connectivity index (χ0) is 14.1. The SMILES string of the molecule is Cc1ncsc1-c1nc2ccccc2n1CCC(=O)O. The van der Waals surface area contributed by atoms with Crippen LogP contribution in [-0.2, 0) is 11.3 Å². The molecule has 0 fully saturated rings. The second kappa shape index (κ2) is 5.05. The number of imidazole rings is 1. The van der Waals surface area contributed by atoms with Gasteiger partial charge in [0.2, 0.25) is 0 Å². The van der Waals surface area contributed by atoms with Gasteiger partial charge in [-0.25, -0.2) is 9.97 Å². The number of hydrogen-bond acceptors (Lipinski definition) is 4. The molecule has 0 aliphatic rings. The van der Waals surface area contributed by atoms with Gasteiger partial charge in [-0.05, 0) is 19.1 Å². The predicted molar refractivity (Wildman–Crippen MR) is 77.8 cm³/mol. The fourth-order valence-corrected chi connectivity index (χ4v) is 3.00. The molecule has 1 aromatic carbocycles. The molecular formula is C14H13N3O2S. The van der Waals surface area contributed by atoms with Gasteiger partial charge in [-0.15, -0.1) is 11.3 Å². The lowest BCUT2D eigenvalue weighted by Gasteiger charge is -2.06. The van der Waals surface area contributed by atoms with E-state index in [1.165, 1.54) is 11.3 Å². The predicted octanol–water partition coefficient (Wildman–Crippen LogP) is 2.94. The van der Waals surface area contributed by atoms with Crippen molar-refractivity contribution in [2.24, 2.45) is 0 Å². The first kappa shape index (κ1) is 12.8. The minimum absolute atomic E-state index is 0.0746. The number of aliphatic carboxylic acids is 1. The lowest BCUT2D eigenvalue weighted by molar-refractivity contribution is -0.137. The summed E-state index contributed by atoms with van der Waals surface area (Å²) in [5.74, 6) is -0.0118. The van der Waals surface area contributed by atoms with Crippen molar-refractivity contribution in [1.82, 2.24) is 14.5 Å². The monoisotopic (exact) mass is 287 g/mol. The molecule has 0 aliphatic carbocycles. The van der Waals surface area contributed by atoms with Crippen LogP contribution in [0.25, 0.3) is 21.7 Å². The second-order valence-electron chi connectivity index (χ2n) is 4.49. The van der Waals surface area contributed by atoms with Crippen LogP contribution >= 0.6 is 11.3 Å². The summed E-state index contributed by atoms with van der Waals surface area (Å²) >= 11 is 1.52. The quantitative estimate of drug-likeness (QED) is 0.801. The molecule has 0 atom stereocenters. The maximum absolute atomic E-state index is 10.9. The Hall–Kier alpha value is -2.21. The number of thiazole rings is 1. The molecule has 0 aliphatic heterocycles. The molecule has 2 heterocycles. The van der Waals surface area contributed by atoms with Gasteiger partial charge in [-0.3, -0.25) is 4.79 Å². The average Bonchev–Trinajstić information content (AvgIpc) is 2.99.